The summed E-state index contributed by atoms with van der Waals surface area (Å²) in [5.41, 5.74) is 7.61. The molecule has 2 N–H and O–H groups in total. The van der Waals surface area contributed by atoms with Gasteiger partial charge in [0, 0.05) is 31.4 Å². The van der Waals surface area contributed by atoms with Gasteiger partial charge in [-0.2, -0.15) is 5.10 Å². The van der Waals surface area contributed by atoms with Gasteiger partial charge in [-0.1, -0.05) is 24.3 Å². The molecule has 1 aliphatic rings. The lowest BCUT2D eigenvalue weighted by molar-refractivity contribution is -0.124. The van der Waals surface area contributed by atoms with E-state index >= 15 is 0 Å². The molecule has 1 fully saturated rings. The number of nitrogens with zero attached hydrogens (tertiary/aromatic N) is 3. The average Bonchev–Trinajstić information content (AvgIpc) is 3.23. The molecule has 1 amide bonds. The molecule has 1 aliphatic heterocycles. The fraction of sp³-hybridized carbons (Fsp3) is 0.429. The number of carbonyl (C=O) groups excluding carboxylic acids is 1. The second kappa shape index (κ2) is 8.50. The molecule has 0 unspecified atom stereocenters. The molecule has 6 nitrogen and oxygen atoms in total. The fourth-order valence-corrected chi connectivity index (χ4v) is 3.94. The minimum Gasteiger partial charge on any atom is -0.296 e. The van der Waals surface area contributed by atoms with Crippen LogP contribution < -0.4 is 5.48 Å². The summed E-state index contributed by atoms with van der Waals surface area (Å²) in [7, 11) is 2.00. The molecule has 1 saturated heterocycles. The third kappa shape index (κ3) is 4.46. The van der Waals surface area contributed by atoms with Crippen LogP contribution in [-0.4, -0.2) is 38.9 Å². The zero-order valence-corrected chi connectivity index (χ0v) is 16.3. The van der Waals surface area contributed by atoms with Crippen molar-refractivity contribution in [3.63, 3.8) is 0 Å². The van der Waals surface area contributed by atoms with Gasteiger partial charge >= 0.3 is 0 Å². The first-order chi connectivity index (χ1) is 13.0. The maximum absolute atomic E-state index is 11.1. The first-order valence-corrected chi connectivity index (χ1v) is 9.45. The third-order valence-corrected chi connectivity index (χ3v) is 5.53. The highest BCUT2D eigenvalue weighted by atomic mass is 16.5. The number of aromatic nitrogens is 2. The summed E-state index contributed by atoms with van der Waals surface area (Å²) in [5, 5.41) is 13.1. The van der Waals surface area contributed by atoms with Crippen molar-refractivity contribution in [3.8, 4) is 0 Å². The quantitative estimate of drug-likeness (QED) is 0.467. The summed E-state index contributed by atoms with van der Waals surface area (Å²) in [4.78, 5) is 13.6. The van der Waals surface area contributed by atoms with Gasteiger partial charge in [0.2, 0.25) is 0 Å². The molecule has 2 aromatic rings. The largest absolute Gasteiger partial charge is 0.296 e. The van der Waals surface area contributed by atoms with Crippen LogP contribution >= 0.6 is 0 Å². The smallest absolute Gasteiger partial charge is 0.267 e. The van der Waals surface area contributed by atoms with Crippen molar-refractivity contribution in [3.05, 3.63) is 58.4 Å². The molecule has 1 aromatic carbocycles. The Labute approximate surface area is 160 Å². The number of carbonyl (C=O) groups is 1. The number of hydrogen-bond donors (Lipinski definition) is 2. The number of benzene rings is 1. The van der Waals surface area contributed by atoms with Gasteiger partial charge in [-0.15, -0.1) is 0 Å². The second-order valence-electron chi connectivity index (χ2n) is 7.19. The summed E-state index contributed by atoms with van der Waals surface area (Å²) in [6.07, 6.45) is 6.42. The Morgan fingerprint density at radius 3 is 2.70 bits per heavy atom. The van der Waals surface area contributed by atoms with Gasteiger partial charge in [-0.25, -0.2) is 5.48 Å². The molecule has 144 valence electrons. The zero-order chi connectivity index (χ0) is 19.4. The van der Waals surface area contributed by atoms with Crippen molar-refractivity contribution in [2.24, 2.45) is 7.05 Å². The van der Waals surface area contributed by atoms with E-state index in [0.717, 1.165) is 30.8 Å². The Balaban J connectivity index is 1.65. The molecule has 0 saturated carbocycles. The third-order valence-electron chi connectivity index (χ3n) is 5.53. The normalized spacial score (nSPS) is 17.7. The molecule has 1 aromatic heterocycles. The van der Waals surface area contributed by atoms with E-state index in [9.17, 15) is 4.79 Å². The van der Waals surface area contributed by atoms with E-state index in [1.807, 2.05) is 23.9 Å². The summed E-state index contributed by atoms with van der Waals surface area (Å²) in [6.45, 7) is 6.39. The van der Waals surface area contributed by atoms with Crippen LogP contribution in [0.25, 0.3) is 6.08 Å². The average molecular weight is 368 g/mol. The van der Waals surface area contributed by atoms with Crippen LogP contribution in [0, 0.1) is 13.8 Å². The molecule has 6 heteroatoms. The van der Waals surface area contributed by atoms with Crippen LogP contribution in [0.5, 0.6) is 0 Å². The van der Waals surface area contributed by atoms with E-state index in [4.69, 9.17) is 5.21 Å². The lowest BCUT2D eigenvalue weighted by Crippen LogP contribution is -2.26. The Morgan fingerprint density at radius 2 is 2.07 bits per heavy atom. The van der Waals surface area contributed by atoms with Crippen LogP contribution in [0.2, 0.25) is 0 Å². The number of hydrogen-bond acceptors (Lipinski definition) is 4. The molecule has 1 atom stereocenters. The van der Waals surface area contributed by atoms with Gasteiger partial charge in [-0.05, 0) is 62.4 Å². The number of amides is 1. The molecule has 2 heterocycles. The van der Waals surface area contributed by atoms with Gasteiger partial charge in [0.25, 0.3) is 5.91 Å². The van der Waals surface area contributed by atoms with Crippen LogP contribution in [0.15, 0.2) is 30.3 Å². The van der Waals surface area contributed by atoms with Crippen molar-refractivity contribution < 1.29 is 10.0 Å². The maximum atomic E-state index is 11.1. The van der Waals surface area contributed by atoms with Crippen LogP contribution in [0.1, 0.15) is 47.0 Å². The van der Waals surface area contributed by atoms with Gasteiger partial charge in [0.15, 0.2) is 0 Å². The highest BCUT2D eigenvalue weighted by Crippen LogP contribution is 2.32. The monoisotopic (exact) mass is 368 g/mol. The summed E-state index contributed by atoms with van der Waals surface area (Å²) in [5.74, 6) is -0.526. The number of hydroxylamine groups is 1. The molecule has 0 aliphatic carbocycles. The highest BCUT2D eigenvalue weighted by Gasteiger charge is 2.26. The lowest BCUT2D eigenvalue weighted by atomic mass is 10.0. The lowest BCUT2D eigenvalue weighted by Gasteiger charge is -2.25. The van der Waals surface area contributed by atoms with E-state index in [0.29, 0.717) is 6.04 Å². The van der Waals surface area contributed by atoms with E-state index in [1.165, 1.54) is 35.7 Å². The van der Waals surface area contributed by atoms with Gasteiger partial charge in [0.05, 0.1) is 5.69 Å². The van der Waals surface area contributed by atoms with Crippen LogP contribution in [-0.2, 0) is 18.3 Å². The molecule has 27 heavy (non-hydrogen) atoms. The molecule has 0 bridgehead atoms. The topological polar surface area (TPSA) is 70.4 Å². The predicted octanol–water partition coefficient (Wildman–Crippen LogP) is 2.94. The van der Waals surface area contributed by atoms with Crippen molar-refractivity contribution in [1.82, 2.24) is 20.2 Å². The molecular formula is C21H28N4O2. The predicted molar refractivity (Wildman–Crippen MR) is 105 cm³/mol. The van der Waals surface area contributed by atoms with Crippen molar-refractivity contribution >= 4 is 12.0 Å². The van der Waals surface area contributed by atoms with Crippen molar-refractivity contribution in [2.45, 2.75) is 39.2 Å². The molecule has 3 rings (SSSR count). The highest BCUT2D eigenvalue weighted by molar-refractivity contribution is 5.90. The van der Waals surface area contributed by atoms with Gasteiger partial charge < -0.3 is 0 Å². The number of likely N-dealkylation sites (tertiary alicyclic amines) is 1. The van der Waals surface area contributed by atoms with Crippen molar-refractivity contribution in [1.29, 1.82) is 0 Å². The Bertz CT molecular complexity index is 823. The van der Waals surface area contributed by atoms with Gasteiger partial charge in [-0.3, -0.25) is 19.6 Å². The maximum Gasteiger partial charge on any atom is 0.267 e. The van der Waals surface area contributed by atoms with Crippen LogP contribution in [0.4, 0.5) is 0 Å². The van der Waals surface area contributed by atoms with Crippen LogP contribution in [0.3, 0.4) is 0 Å². The van der Waals surface area contributed by atoms with Crippen molar-refractivity contribution in [2.75, 3.05) is 13.1 Å². The number of nitrogens with one attached hydrogen (secondary N) is 1. The number of rotatable bonds is 6. The van der Waals surface area contributed by atoms with E-state index in [1.54, 1.807) is 11.6 Å². The summed E-state index contributed by atoms with van der Waals surface area (Å²) >= 11 is 0. The van der Waals surface area contributed by atoms with E-state index < -0.39 is 5.91 Å². The standard InChI is InChI=1S/C21H28N4O2/c1-15-19(16(2)24(3)22-15)12-14-25-13-4-5-20(25)18-9-6-17(7-10-18)8-11-21(26)23-27/h6-11,20,27H,4-5,12-14H2,1-3H3,(H,23,26)/b11-8+/t20-/m0/s1. The fourth-order valence-electron chi connectivity index (χ4n) is 3.94. The summed E-state index contributed by atoms with van der Waals surface area (Å²) < 4.78 is 1.97. The van der Waals surface area contributed by atoms with Gasteiger partial charge in [0.1, 0.15) is 0 Å². The molecule has 0 radical (unpaired) electrons. The summed E-state index contributed by atoms with van der Waals surface area (Å²) in [6, 6.07) is 8.76. The Hall–Kier alpha value is -2.44. The first-order valence-electron chi connectivity index (χ1n) is 9.45. The van der Waals surface area contributed by atoms with E-state index in [-0.39, 0.29) is 0 Å². The zero-order valence-electron chi connectivity index (χ0n) is 16.3. The minimum absolute atomic E-state index is 0.445. The Kier molecular flexibility index (Phi) is 6.08. The minimum atomic E-state index is -0.526. The van der Waals surface area contributed by atoms with E-state index in [2.05, 4.69) is 36.0 Å². The molecular weight excluding hydrogens is 340 g/mol. The second-order valence-corrected chi connectivity index (χ2v) is 7.19. The first kappa shape index (κ1) is 19.3. The SMILES string of the molecule is Cc1nn(C)c(C)c1CCN1CCC[C@H]1c1ccc(/C=C/C(=O)NO)cc1. The molecule has 0 spiro atoms. The number of aryl methyl sites for hydroxylation is 2. The Morgan fingerprint density at radius 1 is 1.33 bits per heavy atom.